The molecule has 2 aromatic rings. The molecule has 96 valence electrons. The molecule has 0 unspecified atom stereocenters. The summed E-state index contributed by atoms with van der Waals surface area (Å²) in [4.78, 5) is 0. The SMILES string of the molecule is Ic1cnn(Cc2ccn(C3CCCCC3)n2)c1. The molecule has 1 saturated carbocycles. The Hall–Kier alpha value is -0.850. The summed E-state index contributed by atoms with van der Waals surface area (Å²) in [5.41, 5.74) is 1.10. The van der Waals surface area contributed by atoms with E-state index >= 15 is 0 Å². The van der Waals surface area contributed by atoms with Gasteiger partial charge in [0.1, 0.15) is 0 Å². The van der Waals surface area contributed by atoms with Gasteiger partial charge in [0.25, 0.3) is 0 Å². The molecule has 0 aromatic carbocycles. The van der Waals surface area contributed by atoms with Crippen molar-refractivity contribution in [3.05, 3.63) is 33.9 Å². The number of halogens is 1. The van der Waals surface area contributed by atoms with E-state index < -0.39 is 0 Å². The van der Waals surface area contributed by atoms with Crippen LogP contribution in [0.15, 0.2) is 24.7 Å². The van der Waals surface area contributed by atoms with E-state index in [-0.39, 0.29) is 0 Å². The molecule has 5 heteroatoms. The summed E-state index contributed by atoms with van der Waals surface area (Å²) in [6.07, 6.45) is 12.7. The van der Waals surface area contributed by atoms with E-state index in [0.717, 1.165) is 12.2 Å². The van der Waals surface area contributed by atoms with E-state index in [4.69, 9.17) is 5.10 Å². The normalized spacial score (nSPS) is 17.2. The van der Waals surface area contributed by atoms with E-state index in [9.17, 15) is 0 Å². The van der Waals surface area contributed by atoms with Gasteiger partial charge in [0.15, 0.2) is 0 Å². The van der Waals surface area contributed by atoms with E-state index in [0.29, 0.717) is 6.04 Å². The van der Waals surface area contributed by atoms with Crippen LogP contribution in [-0.2, 0) is 6.54 Å². The molecule has 2 heterocycles. The van der Waals surface area contributed by atoms with E-state index in [1.54, 1.807) is 0 Å². The van der Waals surface area contributed by atoms with Gasteiger partial charge in [-0.15, -0.1) is 0 Å². The quantitative estimate of drug-likeness (QED) is 0.792. The van der Waals surface area contributed by atoms with E-state index in [1.165, 1.54) is 35.7 Å². The number of rotatable bonds is 3. The Labute approximate surface area is 121 Å². The Morgan fingerprint density at radius 1 is 1.28 bits per heavy atom. The largest absolute Gasteiger partial charge is 0.269 e. The van der Waals surface area contributed by atoms with E-state index in [2.05, 4.69) is 44.6 Å². The summed E-state index contributed by atoms with van der Waals surface area (Å²) < 4.78 is 5.26. The zero-order chi connectivity index (χ0) is 12.4. The molecule has 0 atom stereocenters. The van der Waals surface area contributed by atoms with Gasteiger partial charge in [-0.1, -0.05) is 19.3 Å². The minimum Gasteiger partial charge on any atom is -0.269 e. The number of hydrogen-bond acceptors (Lipinski definition) is 2. The molecule has 0 spiro atoms. The van der Waals surface area contributed by atoms with Gasteiger partial charge in [0, 0.05) is 12.4 Å². The standard InChI is InChI=1S/C13H17IN4/c14-11-8-15-17(9-11)10-12-6-7-18(16-12)13-4-2-1-3-5-13/h6-9,13H,1-5,10H2. The lowest BCUT2D eigenvalue weighted by Crippen LogP contribution is -2.13. The maximum atomic E-state index is 4.69. The zero-order valence-electron chi connectivity index (χ0n) is 10.3. The lowest BCUT2D eigenvalue weighted by atomic mass is 9.96. The second-order valence-corrected chi connectivity index (χ2v) is 6.18. The second kappa shape index (κ2) is 5.42. The summed E-state index contributed by atoms with van der Waals surface area (Å²) in [5.74, 6) is 0. The highest BCUT2D eigenvalue weighted by Gasteiger charge is 2.15. The van der Waals surface area contributed by atoms with Crippen LogP contribution >= 0.6 is 22.6 Å². The molecule has 0 amide bonds. The Kier molecular flexibility index (Phi) is 3.67. The van der Waals surface area contributed by atoms with Crippen molar-refractivity contribution in [1.29, 1.82) is 0 Å². The Morgan fingerprint density at radius 2 is 2.11 bits per heavy atom. The molecular weight excluding hydrogens is 339 g/mol. The molecule has 1 aliphatic rings. The van der Waals surface area contributed by atoms with Crippen LogP contribution in [0, 0.1) is 3.57 Å². The topological polar surface area (TPSA) is 35.6 Å². The highest BCUT2D eigenvalue weighted by molar-refractivity contribution is 14.1. The smallest absolute Gasteiger partial charge is 0.0850 e. The summed E-state index contributed by atoms with van der Waals surface area (Å²) in [6, 6.07) is 2.73. The molecule has 0 N–H and O–H groups in total. The van der Waals surface area contributed by atoms with Crippen LogP contribution in [0.2, 0.25) is 0 Å². The Bertz CT molecular complexity index is 511. The van der Waals surface area contributed by atoms with Gasteiger partial charge in [-0.3, -0.25) is 9.36 Å². The molecule has 0 bridgehead atoms. The molecular formula is C13H17IN4. The lowest BCUT2D eigenvalue weighted by molar-refractivity contribution is 0.327. The predicted molar refractivity (Wildman–Crippen MR) is 78.4 cm³/mol. The van der Waals surface area contributed by atoms with Crippen LogP contribution in [0.5, 0.6) is 0 Å². The minimum absolute atomic E-state index is 0.616. The van der Waals surface area contributed by atoms with Crippen LogP contribution < -0.4 is 0 Å². The highest BCUT2D eigenvalue weighted by atomic mass is 127. The average molecular weight is 356 g/mol. The van der Waals surface area contributed by atoms with Crippen LogP contribution in [-0.4, -0.2) is 19.6 Å². The Balaban J connectivity index is 1.69. The molecule has 18 heavy (non-hydrogen) atoms. The fraction of sp³-hybridized carbons (Fsp3) is 0.538. The third kappa shape index (κ3) is 2.76. The van der Waals surface area contributed by atoms with Gasteiger partial charge in [-0.2, -0.15) is 10.2 Å². The molecule has 3 rings (SSSR count). The van der Waals surface area contributed by atoms with E-state index in [1.807, 2.05) is 17.1 Å². The first-order valence-corrected chi connectivity index (χ1v) is 7.61. The van der Waals surface area contributed by atoms with Gasteiger partial charge in [0.05, 0.1) is 28.0 Å². The molecule has 0 radical (unpaired) electrons. The molecule has 0 aliphatic heterocycles. The summed E-state index contributed by atoms with van der Waals surface area (Å²) in [5, 5.41) is 8.98. The van der Waals surface area contributed by atoms with Gasteiger partial charge in [0.2, 0.25) is 0 Å². The summed E-state index contributed by atoms with van der Waals surface area (Å²) in [6.45, 7) is 0.767. The zero-order valence-corrected chi connectivity index (χ0v) is 12.5. The van der Waals surface area contributed by atoms with Crippen LogP contribution in [0.4, 0.5) is 0 Å². The summed E-state index contributed by atoms with van der Waals surface area (Å²) >= 11 is 2.27. The van der Waals surface area contributed by atoms with Crippen molar-refractivity contribution in [3.8, 4) is 0 Å². The summed E-state index contributed by atoms with van der Waals surface area (Å²) in [7, 11) is 0. The average Bonchev–Trinajstić information content (AvgIpc) is 3.01. The molecule has 4 nitrogen and oxygen atoms in total. The Morgan fingerprint density at radius 3 is 2.83 bits per heavy atom. The van der Waals surface area contributed by atoms with Crippen molar-refractivity contribution in [2.24, 2.45) is 0 Å². The second-order valence-electron chi connectivity index (χ2n) is 4.94. The first-order chi connectivity index (χ1) is 8.81. The lowest BCUT2D eigenvalue weighted by Gasteiger charge is -2.21. The van der Waals surface area contributed by atoms with Crippen LogP contribution in [0.1, 0.15) is 43.8 Å². The highest BCUT2D eigenvalue weighted by Crippen LogP contribution is 2.27. The maximum absolute atomic E-state index is 4.69. The number of hydrogen-bond donors (Lipinski definition) is 0. The van der Waals surface area contributed by atoms with Crippen molar-refractivity contribution in [2.75, 3.05) is 0 Å². The number of aromatic nitrogens is 4. The maximum Gasteiger partial charge on any atom is 0.0850 e. The third-order valence-corrected chi connectivity index (χ3v) is 4.10. The van der Waals surface area contributed by atoms with Crippen molar-refractivity contribution in [3.63, 3.8) is 0 Å². The van der Waals surface area contributed by atoms with Crippen LogP contribution in [0.25, 0.3) is 0 Å². The fourth-order valence-electron chi connectivity index (χ4n) is 2.60. The first kappa shape index (κ1) is 12.2. The molecule has 2 aromatic heterocycles. The van der Waals surface area contributed by atoms with Crippen LogP contribution in [0.3, 0.4) is 0 Å². The van der Waals surface area contributed by atoms with Crippen molar-refractivity contribution >= 4 is 22.6 Å². The van der Waals surface area contributed by atoms with Gasteiger partial charge in [-0.25, -0.2) is 0 Å². The molecule has 0 saturated heterocycles. The number of nitrogens with zero attached hydrogens (tertiary/aromatic N) is 4. The minimum atomic E-state index is 0.616. The van der Waals surface area contributed by atoms with Gasteiger partial charge >= 0.3 is 0 Å². The van der Waals surface area contributed by atoms with Crippen molar-refractivity contribution in [1.82, 2.24) is 19.6 Å². The molecule has 1 fully saturated rings. The monoisotopic (exact) mass is 356 g/mol. The molecule has 1 aliphatic carbocycles. The first-order valence-electron chi connectivity index (χ1n) is 6.53. The van der Waals surface area contributed by atoms with Crippen molar-refractivity contribution < 1.29 is 0 Å². The van der Waals surface area contributed by atoms with Gasteiger partial charge < -0.3 is 0 Å². The van der Waals surface area contributed by atoms with Gasteiger partial charge in [-0.05, 0) is 41.5 Å². The third-order valence-electron chi connectivity index (χ3n) is 3.54. The fourth-order valence-corrected chi connectivity index (χ4v) is 3.05. The predicted octanol–water partition coefficient (Wildman–Crippen LogP) is 3.24. The van der Waals surface area contributed by atoms with Crippen molar-refractivity contribution in [2.45, 2.75) is 44.7 Å².